The van der Waals surface area contributed by atoms with E-state index >= 15 is 0 Å². The zero-order valence-corrected chi connectivity index (χ0v) is 28.6. The van der Waals surface area contributed by atoms with Gasteiger partial charge in [0.15, 0.2) is 0 Å². The van der Waals surface area contributed by atoms with Crippen LogP contribution in [-0.4, -0.2) is 15.0 Å². The molecule has 4 nitrogen and oxygen atoms in total. The van der Waals surface area contributed by atoms with E-state index in [9.17, 15) is 0 Å². The fourth-order valence-corrected chi connectivity index (χ4v) is 8.19. The molecule has 3 aromatic heterocycles. The van der Waals surface area contributed by atoms with Crippen LogP contribution in [0, 0.1) is 0 Å². The number of benzene rings is 8. The third kappa shape index (κ3) is 4.66. The standard InChI is InChI=1S/C49H30N4/c1-2-11-37(12-3-1)53(44-14-6-9-31-8-4-5-13-38(31)44)45-28-22-33-18-24-40-39(23-17-32-19-25-41(45)47(33)46(32)40)43-27-21-35-16-15-34-20-26-42(36-10-7-29-50-30-36)51-48(34)49(35)52-43/h1-30H. The molecular weight excluding hydrogens is 645 g/mol. The molecule has 0 aliphatic carbocycles. The summed E-state index contributed by atoms with van der Waals surface area (Å²) >= 11 is 0. The second-order valence-electron chi connectivity index (χ2n) is 13.6. The number of hydrogen-bond acceptors (Lipinski definition) is 4. The van der Waals surface area contributed by atoms with Crippen LogP contribution in [0.5, 0.6) is 0 Å². The Morgan fingerprint density at radius 1 is 0.377 bits per heavy atom. The highest BCUT2D eigenvalue weighted by molar-refractivity contribution is 6.28. The average Bonchev–Trinajstić information content (AvgIpc) is 3.23. The lowest BCUT2D eigenvalue weighted by Crippen LogP contribution is -2.11. The van der Waals surface area contributed by atoms with Gasteiger partial charge in [0, 0.05) is 50.8 Å². The van der Waals surface area contributed by atoms with Crippen LogP contribution in [-0.2, 0) is 0 Å². The molecule has 0 spiro atoms. The fraction of sp³-hybridized carbons (Fsp3) is 0. The van der Waals surface area contributed by atoms with Gasteiger partial charge in [-0.05, 0) is 80.8 Å². The van der Waals surface area contributed by atoms with Crippen molar-refractivity contribution in [3.05, 3.63) is 182 Å². The van der Waals surface area contributed by atoms with Gasteiger partial charge in [-0.2, -0.15) is 0 Å². The number of anilines is 3. The minimum atomic E-state index is 0.886. The minimum absolute atomic E-state index is 0.886. The van der Waals surface area contributed by atoms with Gasteiger partial charge in [0.2, 0.25) is 0 Å². The molecule has 0 fully saturated rings. The zero-order chi connectivity index (χ0) is 34.9. The van der Waals surface area contributed by atoms with E-state index in [1.165, 1.54) is 43.1 Å². The third-order valence-electron chi connectivity index (χ3n) is 10.7. The Labute approximate surface area is 305 Å². The highest BCUT2D eigenvalue weighted by Crippen LogP contribution is 2.46. The molecule has 11 aromatic rings. The Morgan fingerprint density at radius 3 is 1.81 bits per heavy atom. The first-order chi connectivity index (χ1) is 26.3. The molecule has 0 bridgehead atoms. The molecule has 8 aromatic carbocycles. The molecule has 0 aliphatic rings. The van der Waals surface area contributed by atoms with E-state index in [0.717, 1.165) is 61.4 Å². The van der Waals surface area contributed by atoms with Crippen molar-refractivity contribution in [3.63, 3.8) is 0 Å². The fourth-order valence-electron chi connectivity index (χ4n) is 8.19. The van der Waals surface area contributed by atoms with E-state index in [4.69, 9.17) is 9.97 Å². The van der Waals surface area contributed by atoms with Crippen LogP contribution in [0.4, 0.5) is 17.1 Å². The van der Waals surface area contributed by atoms with Gasteiger partial charge in [-0.3, -0.25) is 4.98 Å². The number of hydrogen-bond donors (Lipinski definition) is 0. The Kier molecular flexibility index (Phi) is 6.52. The summed E-state index contributed by atoms with van der Waals surface area (Å²) in [6.45, 7) is 0. The second-order valence-corrected chi connectivity index (χ2v) is 13.6. The highest BCUT2D eigenvalue weighted by atomic mass is 15.1. The Morgan fingerprint density at radius 2 is 1.00 bits per heavy atom. The highest BCUT2D eigenvalue weighted by Gasteiger charge is 2.21. The molecule has 0 saturated carbocycles. The van der Waals surface area contributed by atoms with Crippen molar-refractivity contribution in [1.29, 1.82) is 0 Å². The number of fused-ring (bicyclic) bond motifs is 4. The van der Waals surface area contributed by atoms with E-state index in [0.29, 0.717) is 0 Å². The quantitative estimate of drug-likeness (QED) is 0.170. The van der Waals surface area contributed by atoms with Crippen LogP contribution < -0.4 is 4.90 Å². The van der Waals surface area contributed by atoms with Gasteiger partial charge in [-0.1, -0.05) is 121 Å². The van der Waals surface area contributed by atoms with Gasteiger partial charge in [0.05, 0.1) is 33.8 Å². The van der Waals surface area contributed by atoms with Crippen LogP contribution in [0.3, 0.4) is 0 Å². The van der Waals surface area contributed by atoms with Crippen LogP contribution in [0.15, 0.2) is 182 Å². The predicted molar refractivity (Wildman–Crippen MR) is 222 cm³/mol. The van der Waals surface area contributed by atoms with E-state index in [2.05, 4.69) is 168 Å². The molecule has 0 unspecified atom stereocenters. The summed E-state index contributed by atoms with van der Waals surface area (Å²) in [5, 5.41) is 11.9. The number of nitrogens with zero attached hydrogens (tertiary/aromatic N) is 4. The van der Waals surface area contributed by atoms with Crippen LogP contribution >= 0.6 is 0 Å². The molecule has 0 N–H and O–H groups in total. The molecule has 53 heavy (non-hydrogen) atoms. The third-order valence-corrected chi connectivity index (χ3v) is 10.7. The smallest absolute Gasteiger partial charge is 0.0972 e. The molecule has 0 saturated heterocycles. The number of aromatic nitrogens is 3. The largest absolute Gasteiger partial charge is 0.309 e. The molecule has 0 amide bonds. The lowest BCUT2D eigenvalue weighted by atomic mass is 9.90. The summed E-state index contributed by atoms with van der Waals surface area (Å²) in [7, 11) is 0. The number of rotatable bonds is 5. The summed E-state index contributed by atoms with van der Waals surface area (Å²) in [5.74, 6) is 0. The van der Waals surface area contributed by atoms with Gasteiger partial charge in [0.25, 0.3) is 0 Å². The van der Waals surface area contributed by atoms with E-state index in [1.54, 1.807) is 6.20 Å². The van der Waals surface area contributed by atoms with Crippen molar-refractivity contribution in [3.8, 4) is 22.5 Å². The molecule has 246 valence electrons. The first kappa shape index (κ1) is 29.5. The summed E-state index contributed by atoms with van der Waals surface area (Å²) < 4.78 is 0. The molecule has 3 heterocycles. The van der Waals surface area contributed by atoms with Crippen molar-refractivity contribution >= 4 is 82.0 Å². The van der Waals surface area contributed by atoms with Crippen molar-refractivity contribution in [2.45, 2.75) is 0 Å². The van der Waals surface area contributed by atoms with Crippen LogP contribution in [0.2, 0.25) is 0 Å². The Hall–Kier alpha value is -7.17. The number of para-hydroxylation sites is 1. The second kappa shape index (κ2) is 11.7. The van der Waals surface area contributed by atoms with Crippen molar-refractivity contribution < 1.29 is 0 Å². The first-order valence-electron chi connectivity index (χ1n) is 17.9. The molecule has 0 atom stereocenters. The first-order valence-corrected chi connectivity index (χ1v) is 17.9. The molecule has 0 aliphatic heterocycles. The SMILES string of the molecule is c1ccc(N(c2cccc3ccccc23)c2ccc3ccc4c(-c5ccc6ccc7ccc(-c8cccnc8)nc7c6n5)ccc5ccc2c3c54)cc1. The lowest BCUT2D eigenvalue weighted by molar-refractivity contribution is 1.30. The van der Waals surface area contributed by atoms with Gasteiger partial charge in [-0.15, -0.1) is 0 Å². The summed E-state index contributed by atoms with van der Waals surface area (Å²) in [6.07, 6.45) is 3.64. The molecule has 4 heteroatoms. The van der Waals surface area contributed by atoms with Crippen molar-refractivity contribution in [1.82, 2.24) is 15.0 Å². The van der Waals surface area contributed by atoms with E-state index < -0.39 is 0 Å². The summed E-state index contributed by atoms with van der Waals surface area (Å²) in [5.41, 5.74) is 9.11. The van der Waals surface area contributed by atoms with Gasteiger partial charge in [0.1, 0.15) is 0 Å². The maximum absolute atomic E-state index is 5.36. The van der Waals surface area contributed by atoms with Crippen molar-refractivity contribution in [2.24, 2.45) is 0 Å². The molecular formula is C49H30N4. The molecule has 0 radical (unpaired) electrons. The zero-order valence-electron chi connectivity index (χ0n) is 28.6. The normalized spacial score (nSPS) is 11.8. The lowest BCUT2D eigenvalue weighted by Gasteiger charge is -2.29. The Bertz CT molecular complexity index is 3170. The summed E-state index contributed by atoms with van der Waals surface area (Å²) in [4.78, 5) is 17.2. The monoisotopic (exact) mass is 674 g/mol. The maximum atomic E-state index is 5.36. The van der Waals surface area contributed by atoms with Crippen LogP contribution in [0.25, 0.3) is 87.4 Å². The van der Waals surface area contributed by atoms with Gasteiger partial charge in [-0.25, -0.2) is 9.97 Å². The topological polar surface area (TPSA) is 41.9 Å². The van der Waals surface area contributed by atoms with E-state index in [1.807, 2.05) is 18.3 Å². The Balaban J connectivity index is 1.14. The van der Waals surface area contributed by atoms with Crippen molar-refractivity contribution in [2.75, 3.05) is 4.90 Å². The predicted octanol–water partition coefficient (Wildman–Crippen LogP) is 13.0. The number of pyridine rings is 3. The summed E-state index contributed by atoms with van der Waals surface area (Å²) in [6, 6.07) is 60.8. The maximum Gasteiger partial charge on any atom is 0.0972 e. The average molecular weight is 675 g/mol. The minimum Gasteiger partial charge on any atom is -0.309 e. The van der Waals surface area contributed by atoms with Crippen LogP contribution in [0.1, 0.15) is 0 Å². The van der Waals surface area contributed by atoms with Gasteiger partial charge < -0.3 is 4.90 Å². The van der Waals surface area contributed by atoms with Gasteiger partial charge >= 0.3 is 0 Å². The molecule has 11 rings (SSSR count). The van der Waals surface area contributed by atoms with E-state index in [-0.39, 0.29) is 0 Å².